The molecule has 4 N–H and O–H groups in total. The Labute approximate surface area is 35.2 Å². The molecule has 0 aromatic heterocycles. The fourth-order valence-corrected chi connectivity index (χ4v) is 0. The lowest BCUT2D eigenvalue weighted by molar-refractivity contribution is 0.182. The molecule has 4 heteroatoms. The van der Waals surface area contributed by atoms with Crippen LogP contribution in [0.25, 0.3) is 0 Å². The quantitative estimate of drug-likeness (QED) is 0.411. The van der Waals surface area contributed by atoms with Crippen LogP contribution in [0.1, 0.15) is 0 Å². The van der Waals surface area contributed by atoms with Crippen molar-refractivity contribution in [3.8, 4) is 0 Å². The normalized spacial score (nSPS) is 5.50. The first-order valence-electron chi connectivity index (χ1n) is 1.11. The molecule has 0 bridgehead atoms. The SMILES string of the molecule is COC(N)=O.O. The van der Waals surface area contributed by atoms with Crippen LogP contribution in [-0.4, -0.2) is 18.7 Å². The molecule has 0 heterocycles. The third kappa shape index (κ3) is 10.6. The second-order valence-electron chi connectivity index (χ2n) is 0.523. The number of rotatable bonds is 0. The highest BCUT2D eigenvalue weighted by Gasteiger charge is 1.76. The van der Waals surface area contributed by atoms with E-state index >= 15 is 0 Å². The van der Waals surface area contributed by atoms with Gasteiger partial charge in [-0.1, -0.05) is 0 Å². The first-order chi connectivity index (χ1) is 2.27. The van der Waals surface area contributed by atoms with Crippen molar-refractivity contribution in [2.45, 2.75) is 0 Å². The Bertz CT molecular complexity index is 44.1. The molecule has 0 aliphatic heterocycles. The minimum Gasteiger partial charge on any atom is -0.453 e. The maximum atomic E-state index is 9.37. The summed E-state index contributed by atoms with van der Waals surface area (Å²) in [5, 5.41) is 0. The summed E-state index contributed by atoms with van der Waals surface area (Å²) in [5.41, 5.74) is 4.43. The Morgan fingerprint density at radius 3 is 2.00 bits per heavy atom. The second-order valence-corrected chi connectivity index (χ2v) is 0.523. The van der Waals surface area contributed by atoms with E-state index in [-0.39, 0.29) is 5.48 Å². The van der Waals surface area contributed by atoms with Crippen LogP contribution in [0.3, 0.4) is 0 Å². The molecule has 0 rings (SSSR count). The van der Waals surface area contributed by atoms with Crippen LogP contribution in [-0.2, 0) is 4.74 Å². The summed E-state index contributed by atoms with van der Waals surface area (Å²) in [6, 6.07) is 0. The van der Waals surface area contributed by atoms with Crippen LogP contribution in [0.15, 0.2) is 0 Å². The predicted molar refractivity (Wildman–Crippen MR) is 20.2 cm³/mol. The van der Waals surface area contributed by atoms with Crippen LogP contribution < -0.4 is 5.73 Å². The Balaban J connectivity index is 0. The summed E-state index contributed by atoms with van der Waals surface area (Å²) in [6.45, 7) is 0. The van der Waals surface area contributed by atoms with E-state index in [1.165, 1.54) is 7.11 Å². The predicted octanol–water partition coefficient (Wildman–Crippen LogP) is -1.11. The smallest absolute Gasteiger partial charge is 0.404 e. The number of hydrogen-bond donors (Lipinski definition) is 1. The average molecular weight is 93.1 g/mol. The zero-order chi connectivity index (χ0) is 4.28. The summed E-state index contributed by atoms with van der Waals surface area (Å²) in [5.74, 6) is 0. The monoisotopic (exact) mass is 93.0 g/mol. The highest BCUT2D eigenvalue weighted by atomic mass is 16.5. The van der Waals surface area contributed by atoms with E-state index in [1.54, 1.807) is 0 Å². The van der Waals surface area contributed by atoms with Crippen LogP contribution in [0.4, 0.5) is 4.79 Å². The highest BCUT2D eigenvalue weighted by molar-refractivity contribution is 5.64. The Kier molecular flexibility index (Phi) is 6.32. The van der Waals surface area contributed by atoms with Gasteiger partial charge in [-0.3, -0.25) is 0 Å². The van der Waals surface area contributed by atoms with E-state index in [1.807, 2.05) is 0 Å². The lowest BCUT2D eigenvalue weighted by Crippen LogP contribution is -2.08. The molecular weight excluding hydrogens is 86.0 g/mol. The zero-order valence-electron chi connectivity index (χ0n) is 3.39. The molecule has 0 saturated heterocycles. The third-order valence-corrected chi connectivity index (χ3v) is 0.201. The van der Waals surface area contributed by atoms with E-state index in [9.17, 15) is 4.79 Å². The molecule has 0 atom stereocenters. The van der Waals surface area contributed by atoms with Gasteiger partial charge in [0, 0.05) is 0 Å². The molecule has 0 radical (unpaired) electrons. The number of carbonyl (C=O) groups is 1. The molecule has 0 fully saturated rings. The maximum absolute atomic E-state index is 9.37. The van der Waals surface area contributed by atoms with Crippen LogP contribution >= 0.6 is 0 Å². The van der Waals surface area contributed by atoms with Crippen molar-refractivity contribution in [3.63, 3.8) is 0 Å². The average Bonchev–Trinajstić information content (AvgIpc) is 1.38. The highest BCUT2D eigenvalue weighted by Crippen LogP contribution is 1.55. The van der Waals surface area contributed by atoms with Crippen molar-refractivity contribution in [1.29, 1.82) is 0 Å². The second kappa shape index (κ2) is 4.23. The van der Waals surface area contributed by atoms with Gasteiger partial charge in [-0.05, 0) is 0 Å². The van der Waals surface area contributed by atoms with Gasteiger partial charge in [0.2, 0.25) is 0 Å². The maximum Gasteiger partial charge on any atom is 0.404 e. The van der Waals surface area contributed by atoms with Crippen molar-refractivity contribution < 1.29 is 15.0 Å². The van der Waals surface area contributed by atoms with Gasteiger partial charge in [0.1, 0.15) is 0 Å². The van der Waals surface area contributed by atoms with Crippen molar-refractivity contribution in [1.82, 2.24) is 0 Å². The molecule has 0 aliphatic carbocycles. The third-order valence-electron chi connectivity index (χ3n) is 0.201. The number of hydrogen-bond acceptors (Lipinski definition) is 2. The number of primary amides is 1. The number of nitrogens with two attached hydrogens (primary N) is 1. The molecule has 0 aliphatic rings. The summed E-state index contributed by atoms with van der Waals surface area (Å²) in [6.07, 6.45) is -0.745. The lowest BCUT2D eigenvalue weighted by atomic mass is 11.3. The number of carbonyl (C=O) groups excluding carboxylic acids is 1. The number of amides is 1. The number of methoxy groups -OCH3 is 1. The van der Waals surface area contributed by atoms with Crippen LogP contribution in [0.5, 0.6) is 0 Å². The molecule has 0 spiro atoms. The van der Waals surface area contributed by atoms with Gasteiger partial charge in [0.25, 0.3) is 0 Å². The molecule has 0 aromatic rings. The van der Waals surface area contributed by atoms with Crippen LogP contribution in [0.2, 0.25) is 0 Å². The Hall–Kier alpha value is -0.770. The van der Waals surface area contributed by atoms with Gasteiger partial charge in [-0.15, -0.1) is 0 Å². The molecule has 6 heavy (non-hydrogen) atoms. The molecule has 0 aromatic carbocycles. The molecule has 1 amide bonds. The zero-order valence-corrected chi connectivity index (χ0v) is 3.39. The molecule has 0 saturated carbocycles. The summed E-state index contributed by atoms with van der Waals surface area (Å²) in [7, 11) is 1.22. The fourth-order valence-electron chi connectivity index (χ4n) is 0. The topological polar surface area (TPSA) is 83.8 Å². The van der Waals surface area contributed by atoms with E-state index < -0.39 is 6.09 Å². The van der Waals surface area contributed by atoms with Gasteiger partial charge in [-0.2, -0.15) is 0 Å². The summed E-state index contributed by atoms with van der Waals surface area (Å²) >= 11 is 0. The van der Waals surface area contributed by atoms with Crippen molar-refractivity contribution in [3.05, 3.63) is 0 Å². The van der Waals surface area contributed by atoms with Gasteiger partial charge < -0.3 is 15.9 Å². The minimum absolute atomic E-state index is 0. The summed E-state index contributed by atoms with van der Waals surface area (Å²) in [4.78, 5) is 9.37. The fraction of sp³-hybridized carbons (Fsp3) is 0.500. The molecule has 38 valence electrons. The lowest BCUT2D eigenvalue weighted by Gasteiger charge is -1.81. The first kappa shape index (κ1) is 8.97. The van der Waals surface area contributed by atoms with Gasteiger partial charge in [0.15, 0.2) is 0 Å². The number of ether oxygens (including phenoxy) is 1. The molecule has 0 unspecified atom stereocenters. The van der Waals surface area contributed by atoms with Crippen molar-refractivity contribution in [2.24, 2.45) is 5.73 Å². The minimum atomic E-state index is -0.745. The van der Waals surface area contributed by atoms with Gasteiger partial charge >= 0.3 is 6.09 Å². The molecule has 4 nitrogen and oxygen atoms in total. The Morgan fingerprint density at radius 1 is 1.83 bits per heavy atom. The van der Waals surface area contributed by atoms with Crippen LogP contribution in [0, 0.1) is 0 Å². The first-order valence-corrected chi connectivity index (χ1v) is 1.11. The van der Waals surface area contributed by atoms with Gasteiger partial charge in [0.05, 0.1) is 7.11 Å². The van der Waals surface area contributed by atoms with E-state index in [0.717, 1.165) is 0 Å². The van der Waals surface area contributed by atoms with Crippen molar-refractivity contribution in [2.75, 3.05) is 7.11 Å². The Morgan fingerprint density at radius 2 is 2.00 bits per heavy atom. The summed E-state index contributed by atoms with van der Waals surface area (Å²) < 4.78 is 3.89. The van der Waals surface area contributed by atoms with E-state index in [4.69, 9.17) is 0 Å². The van der Waals surface area contributed by atoms with E-state index in [2.05, 4.69) is 10.5 Å². The molecular formula is C2H7NO3. The standard InChI is InChI=1S/C2H5NO2.H2O/c1-5-2(3)4;/h1H3,(H2,3,4);1H2. The van der Waals surface area contributed by atoms with Crippen molar-refractivity contribution >= 4 is 6.09 Å². The van der Waals surface area contributed by atoms with Gasteiger partial charge in [-0.25, -0.2) is 4.79 Å². The largest absolute Gasteiger partial charge is 0.453 e. The van der Waals surface area contributed by atoms with E-state index in [0.29, 0.717) is 0 Å².